The first-order chi connectivity index (χ1) is 29.5. The molecule has 1 aliphatic carbocycles. The van der Waals surface area contributed by atoms with Crippen molar-refractivity contribution >= 4 is 80.4 Å². The molecular formula is C49H52B2N4O5. The summed E-state index contributed by atoms with van der Waals surface area (Å²) in [5.74, 6) is 1.46. The summed E-state index contributed by atoms with van der Waals surface area (Å²) in [6.07, 6.45) is 9.28. The Bertz CT molecular complexity index is 2680. The van der Waals surface area contributed by atoms with E-state index in [0.717, 1.165) is 81.0 Å². The molecular weight excluding hydrogens is 746 g/mol. The molecule has 304 valence electrons. The number of aliphatic hydroxyl groups excluding tert-OH is 2. The van der Waals surface area contributed by atoms with Crippen molar-refractivity contribution < 1.29 is 24.5 Å². The fraction of sp³-hybridized carbons (Fsp3) is 0.265. The lowest BCUT2D eigenvalue weighted by Gasteiger charge is -2.31. The number of rotatable bonds is 15. The van der Waals surface area contributed by atoms with Gasteiger partial charge in [-0.25, -0.2) is 0 Å². The van der Waals surface area contributed by atoms with Crippen LogP contribution in [0.2, 0.25) is 0 Å². The van der Waals surface area contributed by atoms with Gasteiger partial charge in [0.25, 0.3) is 0 Å². The van der Waals surface area contributed by atoms with E-state index >= 15 is 0 Å². The van der Waals surface area contributed by atoms with Gasteiger partial charge in [0, 0.05) is 45.7 Å². The zero-order valence-electron chi connectivity index (χ0n) is 34.7. The summed E-state index contributed by atoms with van der Waals surface area (Å²) in [6, 6.07) is 36.4. The summed E-state index contributed by atoms with van der Waals surface area (Å²) < 4.78 is 12.0. The molecule has 0 saturated heterocycles. The maximum Gasteiger partial charge on any atom is 0.427 e. The third-order valence-electron chi connectivity index (χ3n) is 11.6. The number of hydrogen-bond donors (Lipinski definition) is 5. The van der Waals surface area contributed by atoms with Crippen LogP contribution >= 0.6 is 0 Å². The fourth-order valence-corrected chi connectivity index (χ4v) is 8.49. The normalized spacial score (nSPS) is 14.7. The van der Waals surface area contributed by atoms with Gasteiger partial charge in [0.1, 0.15) is 17.3 Å². The highest BCUT2D eigenvalue weighted by Crippen LogP contribution is 2.45. The Kier molecular flexibility index (Phi) is 12.4. The van der Waals surface area contributed by atoms with Crippen LogP contribution in [-0.4, -0.2) is 50.3 Å². The average Bonchev–Trinajstić information content (AvgIpc) is 3.29. The summed E-state index contributed by atoms with van der Waals surface area (Å²) in [6.45, 7) is 5.18. The van der Waals surface area contributed by atoms with E-state index in [1.165, 1.54) is 38.5 Å². The Morgan fingerprint density at radius 2 is 1.18 bits per heavy atom. The third-order valence-corrected chi connectivity index (χ3v) is 11.6. The molecule has 0 atom stereocenters. The topological polar surface area (TPSA) is 124 Å². The van der Waals surface area contributed by atoms with Crippen LogP contribution in [0.25, 0.3) is 32.7 Å². The molecule has 0 aromatic heterocycles. The number of nitrogens with zero attached hydrogens (tertiary/aromatic N) is 1. The number of anilines is 3. The molecule has 2 heterocycles. The molecule has 3 aliphatic rings. The van der Waals surface area contributed by atoms with Gasteiger partial charge < -0.3 is 40.3 Å². The lowest BCUT2D eigenvalue weighted by atomic mass is 9.65. The second kappa shape index (κ2) is 18.4. The lowest BCUT2D eigenvalue weighted by molar-refractivity contribution is -0.109. The molecule has 11 heteroatoms. The van der Waals surface area contributed by atoms with Gasteiger partial charge in [0.15, 0.2) is 0 Å². The number of Topliss-reactive ketones (excluding diaryl/α,β-unsaturated/α-hetero) is 1. The quantitative estimate of drug-likeness (QED) is 0.0525. The lowest BCUT2D eigenvalue weighted by Crippen LogP contribution is -2.48. The van der Waals surface area contributed by atoms with Gasteiger partial charge >= 0.3 is 14.0 Å². The minimum absolute atomic E-state index is 0.0193. The van der Waals surface area contributed by atoms with E-state index < -0.39 is 0 Å². The minimum Gasteiger partial charge on any atom is -0.506 e. The average molecular weight is 799 g/mol. The van der Waals surface area contributed by atoms with E-state index in [1.54, 1.807) is 0 Å². The van der Waals surface area contributed by atoms with Crippen LogP contribution in [0.4, 0.5) is 17.1 Å². The van der Waals surface area contributed by atoms with Gasteiger partial charge in [-0.3, -0.25) is 4.79 Å². The van der Waals surface area contributed by atoms with Crippen molar-refractivity contribution in [1.82, 2.24) is 0 Å². The van der Waals surface area contributed by atoms with E-state index in [1.807, 2.05) is 84.9 Å². The number of aliphatic hydroxyl groups is 2. The number of benzene rings is 6. The summed E-state index contributed by atoms with van der Waals surface area (Å²) in [5, 5.41) is 35.2. The van der Waals surface area contributed by atoms with E-state index in [-0.39, 0.29) is 31.1 Å². The van der Waals surface area contributed by atoms with Crippen molar-refractivity contribution in [2.75, 3.05) is 36.0 Å². The van der Waals surface area contributed by atoms with E-state index in [9.17, 15) is 9.90 Å². The predicted octanol–water partition coefficient (Wildman–Crippen LogP) is 7.90. The van der Waals surface area contributed by atoms with Crippen LogP contribution < -0.4 is 46.7 Å². The smallest absolute Gasteiger partial charge is 0.427 e. The maximum absolute atomic E-state index is 14.5. The highest BCUT2D eigenvalue weighted by Gasteiger charge is 2.39. The monoisotopic (exact) mass is 798 g/mol. The molecule has 0 fully saturated rings. The van der Waals surface area contributed by atoms with Crippen molar-refractivity contribution in [2.45, 2.75) is 65.2 Å². The summed E-state index contributed by atoms with van der Waals surface area (Å²) >= 11 is 0. The van der Waals surface area contributed by atoms with Crippen LogP contribution in [0.1, 0.15) is 70.8 Å². The van der Waals surface area contributed by atoms with Crippen molar-refractivity contribution in [3.8, 4) is 11.5 Å². The van der Waals surface area contributed by atoms with Crippen molar-refractivity contribution in [2.24, 2.45) is 4.90 Å². The number of nitrogens with one attached hydrogen (secondary N) is 3. The Hall–Kier alpha value is -6.19. The number of carbonyl (C=O) groups excluding carboxylic acids is 1. The zero-order chi connectivity index (χ0) is 41.6. The predicted molar refractivity (Wildman–Crippen MR) is 249 cm³/mol. The second-order valence-electron chi connectivity index (χ2n) is 15.5. The molecule has 0 spiro atoms. The number of allylic oxidation sites excluding steroid dienone is 2. The molecule has 0 saturated carbocycles. The standard InChI is InChI=1S/C48H48B2N4O4.CH4O/c1-3-5-7-9-29-57-35-23-19-33(20-24-35)49-51-39-15-11-13-31-17-27-37(45(53-49)41(31)39)43-47(55)44(48(43)56)38-28-18-32-14-12-16-40-42(32)46(38)54-50(52-40)34-21-25-36(26-22-34)58-30-10-8-6-4-2;1-2/h11-28,51-53,55H,3-10,29-30H2,1-2H3;2H,1H3/b44-38-;. The first-order valence-corrected chi connectivity index (χ1v) is 21.4. The molecule has 0 amide bonds. The molecule has 0 bridgehead atoms. The van der Waals surface area contributed by atoms with Gasteiger partial charge in [-0.2, -0.15) is 0 Å². The first kappa shape index (κ1) is 40.6. The molecule has 9 nitrogen and oxygen atoms in total. The van der Waals surface area contributed by atoms with Crippen LogP contribution in [0.5, 0.6) is 11.5 Å². The van der Waals surface area contributed by atoms with Gasteiger partial charge in [0.2, 0.25) is 5.78 Å². The van der Waals surface area contributed by atoms with Crippen LogP contribution in [0.3, 0.4) is 0 Å². The molecule has 6 aromatic carbocycles. The molecule has 5 N–H and O–H groups in total. The molecule has 0 unspecified atom stereocenters. The molecule has 9 rings (SSSR count). The fourth-order valence-electron chi connectivity index (χ4n) is 8.49. The Morgan fingerprint density at radius 3 is 1.80 bits per heavy atom. The number of carbonyl (C=O) groups is 1. The number of ether oxygens (including phenoxy) is 2. The number of unbranched alkanes of at least 4 members (excludes halogenated alkanes) is 6. The summed E-state index contributed by atoms with van der Waals surface area (Å²) in [7, 11) is 1.00. The van der Waals surface area contributed by atoms with Crippen LogP contribution in [0.15, 0.2) is 120 Å². The van der Waals surface area contributed by atoms with Crippen molar-refractivity contribution in [3.63, 3.8) is 0 Å². The van der Waals surface area contributed by atoms with E-state index in [0.29, 0.717) is 34.9 Å². The van der Waals surface area contributed by atoms with Crippen LogP contribution in [0, 0.1) is 0 Å². The van der Waals surface area contributed by atoms with Gasteiger partial charge in [-0.1, -0.05) is 125 Å². The van der Waals surface area contributed by atoms with E-state index in [2.05, 4.69) is 53.8 Å². The Labute approximate surface area is 352 Å². The number of ketones is 1. The highest BCUT2D eigenvalue weighted by molar-refractivity contribution is 6.80. The Balaban J connectivity index is 0.00000246. The molecule has 2 aliphatic heterocycles. The van der Waals surface area contributed by atoms with Crippen LogP contribution in [-0.2, 0) is 4.79 Å². The largest absolute Gasteiger partial charge is 0.506 e. The molecule has 0 radical (unpaired) electrons. The van der Waals surface area contributed by atoms with E-state index in [4.69, 9.17) is 19.5 Å². The van der Waals surface area contributed by atoms with Gasteiger partial charge in [0.05, 0.1) is 29.7 Å². The molecule has 60 heavy (non-hydrogen) atoms. The van der Waals surface area contributed by atoms with Crippen molar-refractivity contribution in [1.29, 1.82) is 0 Å². The highest BCUT2D eigenvalue weighted by atomic mass is 16.5. The first-order valence-electron chi connectivity index (χ1n) is 21.4. The minimum atomic E-state index is -0.386. The summed E-state index contributed by atoms with van der Waals surface area (Å²) in [4.78, 5) is 19.7. The molecule has 6 aromatic rings. The SMILES string of the molecule is CCCCCCOc1ccc(B2N=c3/c(=C4\C(=O)C(c5ccc6cccc7c6c5NB(c5ccc(OCCCCCC)cc5)N7)=C4O)ccc4cccc(c34)N2)cc1.CO. The third kappa shape index (κ3) is 7.94. The van der Waals surface area contributed by atoms with Gasteiger partial charge in [-0.05, 0) is 70.9 Å². The summed E-state index contributed by atoms with van der Waals surface area (Å²) in [5.41, 5.74) is 5.97. The number of hydrogen-bond acceptors (Lipinski definition) is 9. The Morgan fingerprint density at radius 1 is 0.600 bits per heavy atom. The second-order valence-corrected chi connectivity index (χ2v) is 15.5. The van der Waals surface area contributed by atoms with Crippen molar-refractivity contribution in [3.05, 3.63) is 131 Å². The maximum atomic E-state index is 14.5. The zero-order valence-corrected chi connectivity index (χ0v) is 34.7. The van der Waals surface area contributed by atoms with Gasteiger partial charge in [-0.15, -0.1) is 0 Å².